The van der Waals surface area contributed by atoms with E-state index >= 15 is 0 Å². The number of hydrogen-bond donors (Lipinski definition) is 1. The molecule has 0 aliphatic carbocycles. The Morgan fingerprint density at radius 1 is 1.42 bits per heavy atom. The van der Waals surface area contributed by atoms with Gasteiger partial charge < -0.3 is 9.30 Å². The van der Waals surface area contributed by atoms with Crippen molar-refractivity contribution in [2.45, 2.75) is 44.3 Å². The van der Waals surface area contributed by atoms with E-state index in [2.05, 4.69) is 5.48 Å². The van der Waals surface area contributed by atoms with Crippen LogP contribution >= 0.6 is 0 Å². The Hall–Kier alpha value is -1.42. The molecule has 1 unspecified atom stereocenters. The molecule has 9 heteroatoms. The number of ether oxygens (including phenoxy) is 1. The summed E-state index contributed by atoms with van der Waals surface area (Å²) in [7, 11) is -1.99. The maximum absolute atomic E-state index is 12.5. The highest BCUT2D eigenvalue weighted by atomic mass is 32.2. The van der Waals surface area contributed by atoms with Crippen LogP contribution in [0, 0.1) is 0 Å². The van der Waals surface area contributed by atoms with Gasteiger partial charge in [0, 0.05) is 39.4 Å². The van der Waals surface area contributed by atoms with Crippen molar-refractivity contribution in [1.29, 1.82) is 0 Å². The van der Waals surface area contributed by atoms with Crippen LogP contribution in [0.15, 0.2) is 17.2 Å². The Morgan fingerprint density at radius 2 is 2.12 bits per heavy atom. The number of carbonyl (C=O) groups is 1. The third-order valence-corrected chi connectivity index (χ3v) is 5.99. The molecule has 1 aliphatic rings. The first-order chi connectivity index (χ1) is 11.4. The molecule has 2 heterocycles. The lowest BCUT2D eigenvalue weighted by Gasteiger charge is -2.22. The standard InChI is InChI=1S/C15H25N3O5S/c1-4-18(5-2)24(20,21)12-10-13(17(3)11-12)15(19)16-23-14-8-6-7-9-22-14/h10-11,14H,4-9H2,1-3H3,(H,16,19). The lowest BCUT2D eigenvalue weighted by atomic mass is 10.2. The summed E-state index contributed by atoms with van der Waals surface area (Å²) >= 11 is 0. The van der Waals surface area contributed by atoms with E-state index in [9.17, 15) is 13.2 Å². The number of sulfonamides is 1. The van der Waals surface area contributed by atoms with Crippen molar-refractivity contribution in [3.63, 3.8) is 0 Å². The van der Waals surface area contributed by atoms with E-state index in [-0.39, 0.29) is 10.6 Å². The predicted octanol–water partition coefficient (Wildman–Crippen LogP) is 1.24. The molecule has 1 aromatic rings. The Kier molecular flexibility index (Phi) is 6.39. The smallest absolute Gasteiger partial charge is 0.291 e. The number of nitrogens with one attached hydrogen (secondary N) is 1. The number of rotatable bonds is 7. The molecular weight excluding hydrogens is 334 g/mol. The van der Waals surface area contributed by atoms with E-state index in [4.69, 9.17) is 9.57 Å². The van der Waals surface area contributed by atoms with Crippen LogP contribution in [0.25, 0.3) is 0 Å². The second-order valence-corrected chi connectivity index (χ2v) is 7.54. The molecule has 1 atom stereocenters. The fourth-order valence-electron chi connectivity index (χ4n) is 2.59. The molecule has 1 aromatic heterocycles. The van der Waals surface area contributed by atoms with Crippen LogP contribution in [0.2, 0.25) is 0 Å². The SMILES string of the molecule is CCN(CC)S(=O)(=O)c1cc(C(=O)NOC2CCCCO2)n(C)c1. The van der Waals surface area contributed by atoms with Crippen LogP contribution < -0.4 is 5.48 Å². The van der Waals surface area contributed by atoms with Crippen LogP contribution in [0.4, 0.5) is 0 Å². The molecule has 1 fully saturated rings. The first-order valence-electron chi connectivity index (χ1n) is 8.14. The molecule has 1 aliphatic heterocycles. The molecular formula is C15H25N3O5S. The normalized spacial score (nSPS) is 18.8. The quantitative estimate of drug-likeness (QED) is 0.740. The van der Waals surface area contributed by atoms with Crippen molar-refractivity contribution >= 4 is 15.9 Å². The van der Waals surface area contributed by atoms with Gasteiger partial charge in [-0.05, 0) is 18.9 Å². The number of hydrogen-bond acceptors (Lipinski definition) is 5. The van der Waals surface area contributed by atoms with E-state index in [1.54, 1.807) is 20.9 Å². The van der Waals surface area contributed by atoms with Gasteiger partial charge in [0.15, 0.2) is 6.29 Å². The second kappa shape index (κ2) is 8.11. The van der Waals surface area contributed by atoms with Crippen molar-refractivity contribution in [2.75, 3.05) is 19.7 Å². The van der Waals surface area contributed by atoms with Crippen LogP contribution in [-0.4, -0.2) is 49.2 Å². The summed E-state index contributed by atoms with van der Waals surface area (Å²) in [6.07, 6.45) is 3.66. The van der Waals surface area contributed by atoms with Crippen LogP contribution in [0.3, 0.4) is 0 Å². The maximum Gasteiger partial charge on any atom is 0.291 e. The molecule has 136 valence electrons. The van der Waals surface area contributed by atoms with Gasteiger partial charge in [-0.15, -0.1) is 0 Å². The summed E-state index contributed by atoms with van der Waals surface area (Å²) in [6.45, 7) is 4.90. The topological polar surface area (TPSA) is 89.9 Å². The largest absolute Gasteiger partial charge is 0.350 e. The molecule has 0 aromatic carbocycles. The van der Waals surface area contributed by atoms with Crippen molar-refractivity contribution < 1.29 is 22.8 Å². The Bertz CT molecular complexity index is 661. The van der Waals surface area contributed by atoms with Crippen LogP contribution in [0.1, 0.15) is 43.6 Å². The Balaban J connectivity index is 2.08. The average Bonchev–Trinajstić information content (AvgIpc) is 2.97. The predicted molar refractivity (Wildman–Crippen MR) is 87.7 cm³/mol. The number of hydroxylamine groups is 1. The Labute approximate surface area is 142 Å². The summed E-state index contributed by atoms with van der Waals surface area (Å²) in [5.41, 5.74) is 2.54. The molecule has 8 nitrogen and oxygen atoms in total. The molecule has 0 radical (unpaired) electrons. The van der Waals surface area contributed by atoms with Gasteiger partial charge in [0.05, 0.1) is 0 Å². The highest BCUT2D eigenvalue weighted by Crippen LogP contribution is 2.19. The number of aryl methyl sites for hydroxylation is 1. The molecule has 1 N–H and O–H groups in total. The van der Waals surface area contributed by atoms with Crippen molar-refractivity contribution in [3.05, 3.63) is 18.0 Å². The molecule has 0 spiro atoms. The van der Waals surface area contributed by atoms with Crippen LogP contribution in [0.5, 0.6) is 0 Å². The number of amides is 1. The van der Waals surface area contributed by atoms with Crippen molar-refractivity contribution in [2.24, 2.45) is 7.05 Å². The molecule has 0 bridgehead atoms. The summed E-state index contributed by atoms with van der Waals surface area (Å²) in [5.74, 6) is -0.507. The zero-order valence-corrected chi connectivity index (χ0v) is 15.1. The highest BCUT2D eigenvalue weighted by molar-refractivity contribution is 7.89. The van der Waals surface area contributed by atoms with E-state index in [0.717, 1.165) is 19.3 Å². The van der Waals surface area contributed by atoms with Gasteiger partial charge in [0.2, 0.25) is 10.0 Å². The Morgan fingerprint density at radius 3 is 2.71 bits per heavy atom. The van der Waals surface area contributed by atoms with E-state index in [0.29, 0.717) is 19.7 Å². The monoisotopic (exact) mass is 359 g/mol. The second-order valence-electron chi connectivity index (χ2n) is 5.61. The summed E-state index contributed by atoms with van der Waals surface area (Å²) < 4.78 is 33.2. The number of nitrogens with zero attached hydrogens (tertiary/aromatic N) is 2. The molecule has 0 saturated carbocycles. The summed E-state index contributed by atoms with van der Waals surface area (Å²) in [5, 5.41) is 0. The lowest BCUT2D eigenvalue weighted by molar-refractivity contribution is -0.186. The average molecular weight is 359 g/mol. The van der Waals surface area contributed by atoms with Gasteiger partial charge >= 0.3 is 0 Å². The molecule has 2 rings (SSSR count). The first-order valence-corrected chi connectivity index (χ1v) is 9.58. The number of aromatic nitrogens is 1. The van der Waals surface area contributed by atoms with E-state index < -0.39 is 22.2 Å². The number of carbonyl (C=O) groups excluding carboxylic acids is 1. The zero-order chi connectivity index (χ0) is 17.7. The van der Waals surface area contributed by atoms with Gasteiger partial charge in [-0.25, -0.2) is 18.7 Å². The van der Waals surface area contributed by atoms with Gasteiger partial charge in [-0.2, -0.15) is 4.31 Å². The fraction of sp³-hybridized carbons (Fsp3) is 0.667. The van der Waals surface area contributed by atoms with Gasteiger partial charge in [-0.1, -0.05) is 13.8 Å². The molecule has 1 saturated heterocycles. The minimum Gasteiger partial charge on any atom is -0.350 e. The van der Waals surface area contributed by atoms with Crippen LogP contribution in [-0.2, 0) is 26.6 Å². The minimum atomic E-state index is -3.60. The van der Waals surface area contributed by atoms with Gasteiger partial charge in [0.25, 0.3) is 5.91 Å². The third-order valence-electron chi connectivity index (χ3n) is 3.98. The lowest BCUT2D eigenvalue weighted by Crippen LogP contribution is -2.33. The summed E-state index contributed by atoms with van der Waals surface area (Å²) in [6, 6.07) is 1.36. The summed E-state index contributed by atoms with van der Waals surface area (Å²) in [4.78, 5) is 17.6. The van der Waals surface area contributed by atoms with E-state index in [1.807, 2.05) is 0 Å². The minimum absolute atomic E-state index is 0.0905. The fourth-order valence-corrected chi connectivity index (χ4v) is 4.12. The van der Waals surface area contributed by atoms with Crippen molar-refractivity contribution in [1.82, 2.24) is 14.4 Å². The van der Waals surface area contributed by atoms with Gasteiger partial charge in [0.1, 0.15) is 10.6 Å². The van der Waals surface area contributed by atoms with Crippen molar-refractivity contribution in [3.8, 4) is 0 Å². The van der Waals surface area contributed by atoms with E-state index in [1.165, 1.54) is 21.1 Å². The van der Waals surface area contributed by atoms with Gasteiger partial charge in [-0.3, -0.25) is 4.79 Å². The molecule has 1 amide bonds. The maximum atomic E-state index is 12.5. The molecule has 24 heavy (non-hydrogen) atoms. The highest BCUT2D eigenvalue weighted by Gasteiger charge is 2.26. The third kappa shape index (κ3) is 4.15. The zero-order valence-electron chi connectivity index (χ0n) is 14.3. The first kappa shape index (κ1) is 18.9.